The molecule has 184 valence electrons. The molecule has 0 saturated carbocycles. The fourth-order valence-corrected chi connectivity index (χ4v) is 4.46. The molecule has 0 aliphatic heterocycles. The summed E-state index contributed by atoms with van der Waals surface area (Å²) in [4.78, 5) is 23.9. The predicted octanol–water partition coefficient (Wildman–Crippen LogP) is 5.90. The minimum Gasteiger partial charge on any atom is -0.479 e. The molecular weight excluding hydrogens is 450 g/mol. The molecule has 3 aromatic carbocycles. The minimum atomic E-state index is -0.966. The van der Waals surface area contributed by atoms with Crippen molar-refractivity contribution in [2.75, 3.05) is 0 Å². The molecular formula is C31H31NO4. The maximum atomic E-state index is 12.7. The van der Waals surface area contributed by atoms with Crippen LogP contribution in [0, 0.1) is 0 Å². The summed E-state index contributed by atoms with van der Waals surface area (Å²) in [6.45, 7) is 2.37. The van der Waals surface area contributed by atoms with Crippen molar-refractivity contribution < 1.29 is 14.6 Å². The van der Waals surface area contributed by atoms with Gasteiger partial charge in [0.1, 0.15) is 5.75 Å². The number of nitrogens with zero attached hydrogens (tertiary/aromatic N) is 1. The number of carbonyl (C=O) groups is 1. The molecule has 0 bridgehead atoms. The van der Waals surface area contributed by atoms with E-state index < -0.39 is 12.1 Å². The maximum absolute atomic E-state index is 12.7. The van der Waals surface area contributed by atoms with Crippen LogP contribution in [0.2, 0.25) is 0 Å². The Morgan fingerprint density at radius 3 is 2.14 bits per heavy atom. The average molecular weight is 482 g/mol. The van der Waals surface area contributed by atoms with E-state index in [1.807, 2.05) is 66.9 Å². The number of aryl methyl sites for hydroxylation is 2. The lowest BCUT2D eigenvalue weighted by atomic mass is 9.86. The minimum absolute atomic E-state index is 0.0250. The predicted molar refractivity (Wildman–Crippen MR) is 142 cm³/mol. The monoisotopic (exact) mass is 481 g/mol. The zero-order valence-corrected chi connectivity index (χ0v) is 20.4. The molecule has 1 aromatic heterocycles. The molecule has 0 saturated heterocycles. The van der Waals surface area contributed by atoms with Gasteiger partial charge in [-0.2, -0.15) is 0 Å². The summed E-state index contributed by atoms with van der Waals surface area (Å²) in [6.07, 6.45) is 3.03. The van der Waals surface area contributed by atoms with Gasteiger partial charge in [-0.15, -0.1) is 0 Å². The van der Waals surface area contributed by atoms with Crippen molar-refractivity contribution in [2.45, 2.75) is 44.8 Å². The summed E-state index contributed by atoms with van der Waals surface area (Å²) >= 11 is 0. The zero-order chi connectivity index (χ0) is 25.3. The Hall–Kier alpha value is -4.12. The molecule has 4 aromatic rings. The van der Waals surface area contributed by atoms with Crippen LogP contribution in [0.15, 0.2) is 108 Å². The Morgan fingerprint density at radius 1 is 0.861 bits per heavy atom. The SMILES string of the molecule is CC[C@H](Oc1cccc(CCCn2cc(C(c3ccccc3)c3ccccc3)ccc2=O)c1)C(=O)O. The number of aromatic nitrogens is 1. The molecule has 0 radical (unpaired) electrons. The highest BCUT2D eigenvalue weighted by Gasteiger charge is 2.18. The van der Waals surface area contributed by atoms with Crippen LogP contribution in [0.4, 0.5) is 0 Å². The lowest BCUT2D eigenvalue weighted by molar-refractivity contribution is -0.145. The third kappa shape index (κ3) is 6.30. The Balaban J connectivity index is 1.50. The quantitative estimate of drug-likeness (QED) is 0.289. The third-order valence-electron chi connectivity index (χ3n) is 6.29. The highest BCUT2D eigenvalue weighted by atomic mass is 16.5. The fourth-order valence-electron chi connectivity index (χ4n) is 4.46. The second-order valence-corrected chi connectivity index (χ2v) is 8.85. The van der Waals surface area contributed by atoms with Crippen molar-refractivity contribution in [3.8, 4) is 5.75 Å². The van der Waals surface area contributed by atoms with Gasteiger partial charge >= 0.3 is 5.97 Å². The normalized spacial score (nSPS) is 11.8. The number of hydrogen-bond acceptors (Lipinski definition) is 3. The van der Waals surface area contributed by atoms with Crippen LogP contribution < -0.4 is 10.3 Å². The van der Waals surface area contributed by atoms with Gasteiger partial charge < -0.3 is 14.4 Å². The van der Waals surface area contributed by atoms with Gasteiger partial charge in [0.15, 0.2) is 6.10 Å². The summed E-state index contributed by atoms with van der Waals surface area (Å²) in [6, 6.07) is 31.8. The second kappa shape index (κ2) is 12.0. The Kier molecular flexibility index (Phi) is 8.35. The molecule has 1 N–H and O–H groups in total. The van der Waals surface area contributed by atoms with Gasteiger partial charge in [-0.25, -0.2) is 4.79 Å². The van der Waals surface area contributed by atoms with E-state index in [1.165, 1.54) is 11.1 Å². The van der Waals surface area contributed by atoms with Gasteiger partial charge in [0.25, 0.3) is 5.56 Å². The lowest BCUT2D eigenvalue weighted by Gasteiger charge is -2.20. The third-order valence-corrected chi connectivity index (χ3v) is 6.29. The number of carboxylic acids is 1. The molecule has 5 nitrogen and oxygen atoms in total. The molecule has 1 heterocycles. The molecule has 4 rings (SSSR count). The van der Waals surface area contributed by atoms with E-state index >= 15 is 0 Å². The van der Waals surface area contributed by atoms with Crippen LogP contribution in [-0.4, -0.2) is 21.7 Å². The van der Waals surface area contributed by atoms with E-state index in [1.54, 1.807) is 23.6 Å². The van der Waals surface area contributed by atoms with E-state index in [0.29, 0.717) is 18.7 Å². The summed E-state index contributed by atoms with van der Waals surface area (Å²) < 4.78 is 7.40. The van der Waals surface area contributed by atoms with Crippen LogP contribution in [0.3, 0.4) is 0 Å². The summed E-state index contributed by atoms with van der Waals surface area (Å²) in [5, 5.41) is 9.25. The van der Waals surface area contributed by atoms with E-state index in [-0.39, 0.29) is 11.5 Å². The number of pyridine rings is 1. The molecule has 0 unspecified atom stereocenters. The van der Waals surface area contributed by atoms with Crippen molar-refractivity contribution in [3.05, 3.63) is 136 Å². The number of aliphatic carboxylic acids is 1. The Labute approximate surface area is 211 Å². The maximum Gasteiger partial charge on any atom is 0.344 e. The van der Waals surface area contributed by atoms with Crippen molar-refractivity contribution in [2.24, 2.45) is 0 Å². The van der Waals surface area contributed by atoms with Crippen molar-refractivity contribution in [3.63, 3.8) is 0 Å². The summed E-state index contributed by atoms with van der Waals surface area (Å²) in [5.41, 5.74) is 4.45. The zero-order valence-electron chi connectivity index (χ0n) is 20.4. The highest BCUT2D eigenvalue weighted by molar-refractivity contribution is 5.72. The first-order valence-electron chi connectivity index (χ1n) is 12.3. The van der Waals surface area contributed by atoms with Gasteiger partial charge in [0.2, 0.25) is 0 Å². The molecule has 0 spiro atoms. The Bertz CT molecular complexity index is 1290. The van der Waals surface area contributed by atoms with Gasteiger partial charge in [0, 0.05) is 24.7 Å². The first kappa shape index (κ1) is 25.0. The van der Waals surface area contributed by atoms with Crippen LogP contribution in [0.25, 0.3) is 0 Å². The first-order chi connectivity index (χ1) is 17.5. The van der Waals surface area contributed by atoms with Crippen molar-refractivity contribution >= 4 is 5.97 Å². The van der Waals surface area contributed by atoms with Crippen LogP contribution in [0.1, 0.15) is 47.9 Å². The molecule has 0 fully saturated rings. The van der Waals surface area contributed by atoms with Gasteiger partial charge in [0.05, 0.1) is 0 Å². The lowest BCUT2D eigenvalue weighted by Crippen LogP contribution is -2.25. The highest BCUT2D eigenvalue weighted by Crippen LogP contribution is 2.31. The summed E-state index contributed by atoms with van der Waals surface area (Å²) in [7, 11) is 0. The van der Waals surface area contributed by atoms with Gasteiger partial charge in [-0.05, 0) is 53.6 Å². The largest absolute Gasteiger partial charge is 0.479 e. The molecule has 0 amide bonds. The average Bonchev–Trinajstić information content (AvgIpc) is 2.90. The molecule has 5 heteroatoms. The molecule has 36 heavy (non-hydrogen) atoms. The second-order valence-electron chi connectivity index (χ2n) is 8.85. The van der Waals surface area contributed by atoms with E-state index in [2.05, 4.69) is 24.3 Å². The molecule has 1 atom stereocenters. The number of carboxylic acid groups (broad SMARTS) is 1. The fraction of sp³-hybridized carbons (Fsp3) is 0.226. The standard InChI is InChI=1S/C31H31NO4/c1-2-28(31(34)35)36-27-17-9-11-23(21-27)12-10-20-32-22-26(18-19-29(32)33)30(24-13-5-3-6-14-24)25-15-7-4-8-16-25/h3-9,11,13-19,21-22,28,30H,2,10,12,20H2,1H3,(H,34,35)/t28-/m0/s1. The summed E-state index contributed by atoms with van der Waals surface area (Å²) in [5.74, 6) is -0.380. The first-order valence-corrected chi connectivity index (χ1v) is 12.3. The van der Waals surface area contributed by atoms with Crippen molar-refractivity contribution in [1.82, 2.24) is 4.57 Å². The number of hydrogen-bond donors (Lipinski definition) is 1. The van der Waals surface area contributed by atoms with Gasteiger partial charge in [-0.3, -0.25) is 4.79 Å². The Morgan fingerprint density at radius 2 is 1.53 bits per heavy atom. The van der Waals surface area contributed by atoms with Crippen LogP contribution >= 0.6 is 0 Å². The van der Waals surface area contributed by atoms with Crippen LogP contribution in [-0.2, 0) is 17.8 Å². The number of rotatable bonds is 11. The topological polar surface area (TPSA) is 68.5 Å². The van der Waals surface area contributed by atoms with E-state index in [0.717, 1.165) is 24.0 Å². The number of benzene rings is 3. The van der Waals surface area contributed by atoms with E-state index in [4.69, 9.17) is 4.74 Å². The number of ether oxygens (including phenoxy) is 1. The van der Waals surface area contributed by atoms with Crippen LogP contribution in [0.5, 0.6) is 5.75 Å². The van der Waals surface area contributed by atoms with E-state index in [9.17, 15) is 14.7 Å². The molecule has 0 aliphatic rings. The molecule has 0 aliphatic carbocycles. The smallest absolute Gasteiger partial charge is 0.344 e. The van der Waals surface area contributed by atoms with Crippen molar-refractivity contribution in [1.29, 1.82) is 0 Å². The van der Waals surface area contributed by atoms with Gasteiger partial charge in [-0.1, -0.05) is 85.8 Å².